The van der Waals surface area contributed by atoms with Gasteiger partial charge in [0.15, 0.2) is 5.88 Å². The highest BCUT2D eigenvalue weighted by Gasteiger charge is 2.27. The number of nitrogen functional groups attached to an aromatic ring is 1. The number of hydrogen-bond donors (Lipinski definition) is 5. The van der Waals surface area contributed by atoms with Crippen molar-refractivity contribution in [1.29, 1.82) is 0 Å². The van der Waals surface area contributed by atoms with Crippen LogP contribution >= 0.6 is 0 Å². The molecule has 9 nitrogen and oxygen atoms in total. The molecule has 1 unspecified atom stereocenters. The topological polar surface area (TPSA) is 141 Å². The van der Waals surface area contributed by atoms with Crippen LogP contribution in [0.3, 0.4) is 0 Å². The number of hydrogen-bond acceptors (Lipinski definition) is 6. The van der Waals surface area contributed by atoms with E-state index in [0.717, 1.165) is 11.1 Å². The van der Waals surface area contributed by atoms with Crippen molar-refractivity contribution in [2.45, 2.75) is 51.8 Å². The zero-order valence-electron chi connectivity index (χ0n) is 23.8. The van der Waals surface area contributed by atoms with Gasteiger partial charge in [0.1, 0.15) is 17.6 Å². The van der Waals surface area contributed by atoms with E-state index in [-0.39, 0.29) is 47.5 Å². The number of aromatic nitrogens is 1. The number of halogens is 3. The number of aliphatic carboxylic acids is 1. The number of amides is 1. The quantitative estimate of drug-likeness (QED) is 0.121. The molecule has 0 aliphatic rings. The number of rotatable bonds is 12. The van der Waals surface area contributed by atoms with Crippen LogP contribution in [0.2, 0.25) is 0 Å². The number of carbonyl (C=O) groups is 2. The van der Waals surface area contributed by atoms with Gasteiger partial charge in [-0.2, -0.15) is 8.78 Å². The van der Waals surface area contributed by atoms with Crippen molar-refractivity contribution in [3.05, 3.63) is 82.8 Å². The molecule has 1 heterocycles. The molecule has 0 bridgehead atoms. The molecule has 12 heteroatoms. The first kappa shape index (κ1) is 31.1. The molecule has 0 aliphatic carbocycles. The maximum Gasteiger partial charge on any atom is 0.387 e. The molecule has 2 atom stereocenters. The molecule has 43 heavy (non-hydrogen) atoms. The van der Waals surface area contributed by atoms with Crippen LogP contribution in [-0.4, -0.2) is 45.6 Å². The monoisotopic (exact) mass is 598 g/mol. The lowest BCUT2D eigenvalue weighted by Gasteiger charge is -2.27. The number of likely N-dealkylation sites (N-methyl/N-ethyl adjacent to an activating group) is 1. The van der Waals surface area contributed by atoms with Crippen molar-refractivity contribution >= 4 is 34.0 Å². The minimum atomic E-state index is -3.08. The molecule has 4 aromatic rings. The molecule has 0 saturated heterocycles. The van der Waals surface area contributed by atoms with Gasteiger partial charge in [-0.15, -0.1) is 0 Å². The summed E-state index contributed by atoms with van der Waals surface area (Å²) in [5, 5.41) is 23.0. The number of H-pyrrole nitrogens is 1. The van der Waals surface area contributed by atoms with E-state index < -0.39 is 30.3 Å². The Balaban J connectivity index is 1.71. The zero-order chi connectivity index (χ0) is 31.4. The summed E-state index contributed by atoms with van der Waals surface area (Å²) in [6.45, 7) is 0.526. The maximum atomic E-state index is 15.2. The number of carbonyl (C=O) groups excluding carboxylic acids is 1. The second-order valence-corrected chi connectivity index (χ2v) is 10.5. The van der Waals surface area contributed by atoms with Crippen LogP contribution in [0.5, 0.6) is 11.6 Å². The predicted molar refractivity (Wildman–Crippen MR) is 157 cm³/mol. The fourth-order valence-corrected chi connectivity index (χ4v) is 5.11. The Morgan fingerprint density at radius 3 is 2.56 bits per heavy atom. The molecule has 228 valence electrons. The predicted octanol–water partition coefficient (Wildman–Crippen LogP) is 6.28. The normalized spacial score (nSPS) is 12.7. The van der Waals surface area contributed by atoms with Crippen molar-refractivity contribution in [2.75, 3.05) is 18.1 Å². The fourth-order valence-electron chi connectivity index (χ4n) is 5.11. The number of alkyl halides is 2. The van der Waals surface area contributed by atoms with Crippen LogP contribution in [0.4, 0.5) is 24.5 Å². The Hall–Kier alpha value is -4.87. The summed E-state index contributed by atoms with van der Waals surface area (Å²) in [6.07, 6.45) is 1.88. The van der Waals surface area contributed by atoms with Gasteiger partial charge in [-0.3, -0.25) is 9.59 Å². The molecule has 1 aromatic heterocycles. The summed E-state index contributed by atoms with van der Waals surface area (Å²) >= 11 is 0. The van der Waals surface area contributed by atoms with Gasteiger partial charge in [0, 0.05) is 48.2 Å². The van der Waals surface area contributed by atoms with Crippen LogP contribution in [0, 0.1) is 12.7 Å². The Bertz CT molecular complexity index is 1640. The molecular weight excluding hydrogens is 565 g/mol. The van der Waals surface area contributed by atoms with Crippen molar-refractivity contribution in [1.82, 2.24) is 9.88 Å². The molecule has 1 amide bonds. The molecule has 3 aromatic carbocycles. The molecule has 0 spiro atoms. The number of nitrogens with two attached hydrogens (primary N) is 1. The first-order chi connectivity index (χ1) is 20.3. The fraction of sp³-hybridized carbons (Fsp3) is 0.290. The number of anilines is 2. The SMILES string of the molecule is Cc1cc(C(Nc2cc3c(O)[nH]cc3cc2F)C(=O)N(C)Cc2cc(N)ccc2OC(F)F)ccc1[C@@H](C)CCC(=O)O. The summed E-state index contributed by atoms with van der Waals surface area (Å²) in [4.78, 5) is 28.9. The van der Waals surface area contributed by atoms with Crippen LogP contribution in [-0.2, 0) is 16.1 Å². The Morgan fingerprint density at radius 1 is 1.14 bits per heavy atom. The largest absolute Gasteiger partial charge is 0.494 e. The van der Waals surface area contributed by atoms with E-state index in [9.17, 15) is 23.5 Å². The number of benzene rings is 3. The van der Waals surface area contributed by atoms with E-state index in [2.05, 4.69) is 15.0 Å². The number of ether oxygens (including phenoxy) is 1. The number of aryl methyl sites for hydroxylation is 1. The van der Waals surface area contributed by atoms with E-state index >= 15 is 4.39 Å². The molecule has 0 aliphatic heterocycles. The number of nitrogens with zero attached hydrogens (tertiary/aromatic N) is 1. The average Bonchev–Trinajstić information content (AvgIpc) is 3.29. The summed E-state index contributed by atoms with van der Waals surface area (Å²) in [5.41, 5.74) is 8.55. The Labute approximate surface area is 246 Å². The number of aromatic hydroxyl groups is 1. The summed E-state index contributed by atoms with van der Waals surface area (Å²) in [6, 6.07) is 10.9. The zero-order valence-corrected chi connectivity index (χ0v) is 23.8. The van der Waals surface area contributed by atoms with Crippen molar-refractivity contribution < 1.29 is 37.7 Å². The number of carboxylic acids is 1. The first-order valence-electron chi connectivity index (χ1n) is 13.5. The molecule has 0 fully saturated rings. The first-order valence-corrected chi connectivity index (χ1v) is 13.5. The molecular formula is C31H33F3N4O5. The van der Waals surface area contributed by atoms with Crippen LogP contribution in [0.15, 0.2) is 54.7 Å². The van der Waals surface area contributed by atoms with Gasteiger partial charge in [0.05, 0.1) is 5.69 Å². The molecule has 0 radical (unpaired) electrons. The van der Waals surface area contributed by atoms with E-state index in [4.69, 9.17) is 10.8 Å². The van der Waals surface area contributed by atoms with Crippen molar-refractivity contribution in [3.63, 3.8) is 0 Å². The third kappa shape index (κ3) is 7.32. The summed E-state index contributed by atoms with van der Waals surface area (Å²) in [7, 11) is 1.47. The highest BCUT2D eigenvalue weighted by atomic mass is 19.3. The van der Waals surface area contributed by atoms with Crippen LogP contribution < -0.4 is 15.8 Å². The Kier molecular flexibility index (Phi) is 9.37. The number of fused-ring (bicyclic) bond motifs is 1. The molecule has 4 rings (SSSR count). The third-order valence-corrected chi connectivity index (χ3v) is 7.34. The minimum absolute atomic E-state index is 0.00480. The standard InChI is InChI=1S/C31H33F3N4O5/c1-16(4-9-27(39)40)22-7-5-18(10-17(22)2)28(37-25-13-23-19(12-24(25)32)14-36-29(23)41)30(42)38(3)15-20-11-21(35)6-8-26(20)43-31(33)34/h5-8,10-14,16,28,31,36-37,41H,4,9,15,35H2,1-3H3,(H,39,40)/t16-,28?/m0/s1. The second kappa shape index (κ2) is 13.0. The van der Waals surface area contributed by atoms with Crippen molar-refractivity contribution in [3.8, 4) is 11.6 Å². The van der Waals surface area contributed by atoms with E-state index in [1.54, 1.807) is 12.1 Å². The lowest BCUT2D eigenvalue weighted by molar-refractivity contribution is -0.137. The number of aromatic amines is 1. The van der Waals surface area contributed by atoms with Crippen LogP contribution in [0.25, 0.3) is 10.8 Å². The smallest absolute Gasteiger partial charge is 0.387 e. The van der Waals surface area contributed by atoms with Crippen LogP contribution in [0.1, 0.15) is 54.0 Å². The van der Waals surface area contributed by atoms with Crippen molar-refractivity contribution in [2.24, 2.45) is 0 Å². The molecule has 6 N–H and O–H groups in total. The van der Waals surface area contributed by atoms with E-state index in [1.807, 2.05) is 19.9 Å². The van der Waals surface area contributed by atoms with Gasteiger partial charge in [-0.05, 0) is 66.3 Å². The van der Waals surface area contributed by atoms with Gasteiger partial charge in [0.25, 0.3) is 0 Å². The Morgan fingerprint density at radius 2 is 1.88 bits per heavy atom. The van der Waals surface area contributed by atoms with Gasteiger partial charge in [-0.25, -0.2) is 4.39 Å². The lowest BCUT2D eigenvalue weighted by Crippen LogP contribution is -2.35. The summed E-state index contributed by atoms with van der Waals surface area (Å²) < 4.78 is 45.9. The second-order valence-electron chi connectivity index (χ2n) is 10.5. The lowest BCUT2D eigenvalue weighted by atomic mass is 9.90. The molecule has 0 saturated carbocycles. The third-order valence-electron chi connectivity index (χ3n) is 7.34. The summed E-state index contributed by atoms with van der Waals surface area (Å²) in [5.74, 6) is -2.44. The van der Waals surface area contributed by atoms with E-state index in [1.165, 1.54) is 48.5 Å². The minimum Gasteiger partial charge on any atom is -0.494 e. The van der Waals surface area contributed by atoms with Gasteiger partial charge >= 0.3 is 12.6 Å². The highest BCUT2D eigenvalue weighted by molar-refractivity contribution is 5.92. The highest BCUT2D eigenvalue weighted by Crippen LogP contribution is 2.34. The van der Waals surface area contributed by atoms with Gasteiger partial charge in [-0.1, -0.05) is 25.1 Å². The van der Waals surface area contributed by atoms with E-state index in [0.29, 0.717) is 22.8 Å². The average molecular weight is 599 g/mol. The maximum absolute atomic E-state index is 15.2. The number of carboxylic acid groups (broad SMARTS) is 1. The van der Waals surface area contributed by atoms with Gasteiger partial charge in [0.2, 0.25) is 5.91 Å². The van der Waals surface area contributed by atoms with Gasteiger partial charge < -0.3 is 35.9 Å². The number of nitrogens with one attached hydrogen (secondary N) is 2.